The van der Waals surface area contributed by atoms with E-state index in [0.29, 0.717) is 0 Å². The highest BCUT2D eigenvalue weighted by Crippen LogP contribution is 2.16. The summed E-state index contributed by atoms with van der Waals surface area (Å²) in [6.45, 7) is 4.51. The molecule has 0 N–H and O–H groups in total. The maximum Gasteiger partial charge on any atom is -0.0257 e. The molecule has 0 aliphatic rings. The fraction of sp³-hybridized carbons (Fsp3) is 0.467. The molecular formula is C15H22. The van der Waals surface area contributed by atoms with Crippen molar-refractivity contribution in [2.45, 2.75) is 46.0 Å². The van der Waals surface area contributed by atoms with E-state index in [1.165, 1.54) is 37.7 Å². The summed E-state index contributed by atoms with van der Waals surface area (Å²) in [4.78, 5) is 0. The van der Waals surface area contributed by atoms with Crippen molar-refractivity contribution in [3.05, 3.63) is 41.5 Å². The molecule has 82 valence electrons. The van der Waals surface area contributed by atoms with Crippen LogP contribution in [0.3, 0.4) is 0 Å². The number of benzene rings is 1. The van der Waals surface area contributed by atoms with Gasteiger partial charge in [0.2, 0.25) is 0 Å². The summed E-state index contributed by atoms with van der Waals surface area (Å²) in [6, 6.07) is 10.6. The van der Waals surface area contributed by atoms with Gasteiger partial charge in [0.25, 0.3) is 0 Å². The van der Waals surface area contributed by atoms with Crippen LogP contribution in [0.15, 0.2) is 35.9 Å². The highest BCUT2D eigenvalue weighted by atomic mass is 14.0. The molecule has 1 aromatic rings. The van der Waals surface area contributed by atoms with Crippen LogP contribution < -0.4 is 0 Å². The fourth-order valence-corrected chi connectivity index (χ4v) is 1.74. The molecule has 0 nitrogen and oxygen atoms in total. The van der Waals surface area contributed by atoms with E-state index in [9.17, 15) is 0 Å². The van der Waals surface area contributed by atoms with E-state index in [4.69, 9.17) is 0 Å². The monoisotopic (exact) mass is 202 g/mol. The lowest BCUT2D eigenvalue weighted by Crippen LogP contribution is -1.83. The molecule has 0 aromatic heterocycles. The van der Waals surface area contributed by atoms with Crippen LogP contribution in [0.4, 0.5) is 0 Å². The Bertz CT molecular complexity index is 282. The third-order valence-corrected chi connectivity index (χ3v) is 2.73. The van der Waals surface area contributed by atoms with Crippen LogP contribution in [-0.2, 0) is 0 Å². The van der Waals surface area contributed by atoms with E-state index in [1.54, 1.807) is 5.57 Å². The molecule has 0 atom stereocenters. The highest BCUT2D eigenvalue weighted by Gasteiger charge is 1.95. The molecule has 0 unspecified atom stereocenters. The maximum absolute atomic E-state index is 2.34. The standard InChI is InChI=1S/C15H22/c1-3-5-7-10-14(4-2)13-15-11-8-6-9-12-15/h6,8-9,11-13H,3-5,7,10H2,1-2H3/b14-13+. The van der Waals surface area contributed by atoms with Crippen molar-refractivity contribution in [3.8, 4) is 0 Å². The zero-order chi connectivity index (χ0) is 10.9. The second-order valence-corrected chi connectivity index (χ2v) is 4.02. The van der Waals surface area contributed by atoms with Crippen molar-refractivity contribution in [3.63, 3.8) is 0 Å². The molecule has 0 amide bonds. The van der Waals surface area contributed by atoms with Gasteiger partial charge < -0.3 is 0 Å². The van der Waals surface area contributed by atoms with Gasteiger partial charge in [-0.25, -0.2) is 0 Å². The smallest absolute Gasteiger partial charge is 0.0257 e. The topological polar surface area (TPSA) is 0 Å². The van der Waals surface area contributed by atoms with Crippen molar-refractivity contribution in [2.24, 2.45) is 0 Å². The lowest BCUT2D eigenvalue weighted by Gasteiger charge is -2.04. The summed E-state index contributed by atoms with van der Waals surface area (Å²) in [7, 11) is 0. The summed E-state index contributed by atoms with van der Waals surface area (Å²) < 4.78 is 0. The van der Waals surface area contributed by atoms with Crippen LogP contribution in [0.2, 0.25) is 0 Å². The van der Waals surface area contributed by atoms with E-state index in [-0.39, 0.29) is 0 Å². The average Bonchev–Trinajstić information content (AvgIpc) is 2.29. The Balaban J connectivity index is 2.54. The second-order valence-electron chi connectivity index (χ2n) is 4.02. The van der Waals surface area contributed by atoms with Crippen LogP contribution in [0.1, 0.15) is 51.5 Å². The average molecular weight is 202 g/mol. The molecule has 0 bridgehead atoms. The quantitative estimate of drug-likeness (QED) is 0.565. The molecule has 0 saturated heterocycles. The van der Waals surface area contributed by atoms with Gasteiger partial charge in [0.15, 0.2) is 0 Å². The molecule has 0 aliphatic heterocycles. The van der Waals surface area contributed by atoms with Gasteiger partial charge in [0.05, 0.1) is 0 Å². The zero-order valence-corrected chi connectivity index (χ0v) is 10.00. The van der Waals surface area contributed by atoms with Gasteiger partial charge in [-0.05, 0) is 24.8 Å². The molecule has 1 aromatic carbocycles. The Morgan fingerprint density at radius 3 is 2.40 bits per heavy atom. The van der Waals surface area contributed by atoms with Crippen molar-refractivity contribution in [2.75, 3.05) is 0 Å². The van der Waals surface area contributed by atoms with Gasteiger partial charge in [-0.3, -0.25) is 0 Å². The summed E-state index contributed by atoms with van der Waals surface area (Å²) in [6.07, 6.45) is 8.78. The predicted octanol–water partition coefficient (Wildman–Crippen LogP) is 5.06. The first kappa shape index (κ1) is 12.0. The fourth-order valence-electron chi connectivity index (χ4n) is 1.74. The Morgan fingerprint density at radius 1 is 1.07 bits per heavy atom. The molecule has 0 fully saturated rings. The summed E-state index contributed by atoms with van der Waals surface area (Å²) in [5, 5.41) is 0. The first-order valence-electron chi connectivity index (χ1n) is 6.11. The third-order valence-electron chi connectivity index (χ3n) is 2.73. The van der Waals surface area contributed by atoms with Gasteiger partial charge in [0.1, 0.15) is 0 Å². The van der Waals surface area contributed by atoms with Crippen LogP contribution in [-0.4, -0.2) is 0 Å². The number of allylic oxidation sites excluding steroid dienone is 1. The minimum Gasteiger partial charge on any atom is -0.0699 e. The lowest BCUT2D eigenvalue weighted by atomic mass is 10.0. The molecule has 0 aliphatic carbocycles. The van der Waals surface area contributed by atoms with Crippen molar-refractivity contribution in [1.82, 2.24) is 0 Å². The normalized spacial score (nSPS) is 11.7. The molecule has 0 saturated carbocycles. The zero-order valence-electron chi connectivity index (χ0n) is 10.00. The van der Waals surface area contributed by atoms with E-state index in [2.05, 4.69) is 50.3 Å². The van der Waals surface area contributed by atoms with Crippen LogP contribution in [0.5, 0.6) is 0 Å². The minimum absolute atomic E-state index is 1.18. The third kappa shape index (κ3) is 4.83. The molecular weight excluding hydrogens is 180 g/mol. The predicted molar refractivity (Wildman–Crippen MR) is 68.9 cm³/mol. The molecule has 0 heteroatoms. The van der Waals surface area contributed by atoms with Gasteiger partial charge in [-0.2, -0.15) is 0 Å². The lowest BCUT2D eigenvalue weighted by molar-refractivity contribution is 0.704. The Labute approximate surface area is 94.0 Å². The SMILES string of the molecule is CCCCC/C(=C/c1ccccc1)CC. The molecule has 0 heterocycles. The molecule has 0 radical (unpaired) electrons. The number of unbranched alkanes of at least 4 members (excludes halogenated alkanes) is 2. The number of hydrogen-bond acceptors (Lipinski definition) is 0. The van der Waals surface area contributed by atoms with E-state index < -0.39 is 0 Å². The van der Waals surface area contributed by atoms with E-state index in [1.807, 2.05) is 0 Å². The first-order valence-corrected chi connectivity index (χ1v) is 6.11. The Kier molecular flexibility index (Phi) is 5.84. The van der Waals surface area contributed by atoms with E-state index in [0.717, 1.165) is 0 Å². The van der Waals surface area contributed by atoms with Gasteiger partial charge in [-0.15, -0.1) is 0 Å². The summed E-state index contributed by atoms with van der Waals surface area (Å²) >= 11 is 0. The minimum atomic E-state index is 1.18. The van der Waals surface area contributed by atoms with Gasteiger partial charge in [0, 0.05) is 0 Å². The summed E-state index contributed by atoms with van der Waals surface area (Å²) in [5.41, 5.74) is 2.92. The van der Waals surface area contributed by atoms with Crippen LogP contribution >= 0.6 is 0 Å². The highest BCUT2D eigenvalue weighted by molar-refractivity contribution is 5.52. The van der Waals surface area contributed by atoms with Gasteiger partial charge >= 0.3 is 0 Å². The van der Waals surface area contributed by atoms with Crippen molar-refractivity contribution in [1.29, 1.82) is 0 Å². The summed E-state index contributed by atoms with van der Waals surface area (Å²) in [5.74, 6) is 0. The number of hydrogen-bond donors (Lipinski definition) is 0. The van der Waals surface area contributed by atoms with E-state index >= 15 is 0 Å². The Morgan fingerprint density at radius 2 is 1.80 bits per heavy atom. The second kappa shape index (κ2) is 7.28. The number of rotatable bonds is 6. The largest absolute Gasteiger partial charge is 0.0699 e. The Hall–Kier alpha value is -1.04. The van der Waals surface area contributed by atoms with Gasteiger partial charge in [-0.1, -0.05) is 68.7 Å². The van der Waals surface area contributed by atoms with Crippen LogP contribution in [0, 0.1) is 0 Å². The van der Waals surface area contributed by atoms with Crippen molar-refractivity contribution >= 4 is 6.08 Å². The van der Waals surface area contributed by atoms with Crippen molar-refractivity contribution < 1.29 is 0 Å². The van der Waals surface area contributed by atoms with Crippen LogP contribution in [0.25, 0.3) is 6.08 Å². The first-order chi connectivity index (χ1) is 7.36. The molecule has 15 heavy (non-hydrogen) atoms. The molecule has 1 rings (SSSR count). The molecule has 0 spiro atoms. The maximum atomic E-state index is 2.34.